The smallest absolute Gasteiger partial charge is 0.236 e. The average molecular weight is 302 g/mol. The van der Waals surface area contributed by atoms with Gasteiger partial charge in [0.25, 0.3) is 0 Å². The maximum Gasteiger partial charge on any atom is 0.236 e. The van der Waals surface area contributed by atoms with Gasteiger partial charge in [-0.1, -0.05) is 18.2 Å². The monoisotopic (exact) mass is 302 g/mol. The van der Waals surface area contributed by atoms with E-state index in [0.29, 0.717) is 24.0 Å². The predicted octanol–water partition coefficient (Wildman–Crippen LogP) is 2.44. The van der Waals surface area contributed by atoms with Gasteiger partial charge < -0.3 is 10.2 Å². The van der Waals surface area contributed by atoms with Gasteiger partial charge in [-0.05, 0) is 43.7 Å². The molecule has 4 heteroatoms. The van der Waals surface area contributed by atoms with Crippen molar-refractivity contribution in [2.75, 3.05) is 7.05 Å². The van der Waals surface area contributed by atoms with E-state index in [0.717, 1.165) is 19.3 Å². The SMILES string of the molecule is CN(C(=O)C1Cc2ccccc2S1)C1CC2CCC(C1)N2. The zero-order valence-electron chi connectivity index (χ0n) is 12.4. The maximum atomic E-state index is 12.8. The number of carbonyl (C=O) groups excluding carboxylic acids is 1. The molecular weight excluding hydrogens is 280 g/mol. The molecule has 3 aliphatic heterocycles. The second-order valence-electron chi connectivity index (χ2n) is 6.63. The fraction of sp³-hybridized carbons (Fsp3) is 0.588. The highest BCUT2D eigenvalue weighted by atomic mass is 32.2. The van der Waals surface area contributed by atoms with E-state index in [-0.39, 0.29) is 5.25 Å². The molecule has 0 saturated carbocycles. The van der Waals surface area contributed by atoms with E-state index in [2.05, 4.69) is 34.5 Å². The molecular formula is C17H22N2OS. The second kappa shape index (κ2) is 5.33. The first-order valence-electron chi connectivity index (χ1n) is 7.98. The van der Waals surface area contributed by atoms with Crippen molar-refractivity contribution < 1.29 is 4.79 Å². The van der Waals surface area contributed by atoms with Crippen molar-refractivity contribution in [3.8, 4) is 0 Å². The molecule has 21 heavy (non-hydrogen) atoms. The minimum atomic E-state index is 0.0833. The van der Waals surface area contributed by atoms with Crippen LogP contribution in [0.2, 0.25) is 0 Å². The van der Waals surface area contributed by atoms with Crippen molar-refractivity contribution in [1.29, 1.82) is 0 Å². The highest BCUT2D eigenvalue weighted by Gasteiger charge is 2.38. The van der Waals surface area contributed by atoms with Crippen LogP contribution in [0.15, 0.2) is 29.2 Å². The third-order valence-corrected chi connectivity index (χ3v) is 6.57. The fourth-order valence-corrected chi connectivity index (χ4v) is 5.37. The van der Waals surface area contributed by atoms with Gasteiger partial charge in [-0.15, -0.1) is 11.8 Å². The molecule has 1 N–H and O–H groups in total. The van der Waals surface area contributed by atoms with Crippen LogP contribution in [0.5, 0.6) is 0 Å². The van der Waals surface area contributed by atoms with Crippen molar-refractivity contribution >= 4 is 17.7 Å². The molecule has 3 aliphatic rings. The predicted molar refractivity (Wildman–Crippen MR) is 85.5 cm³/mol. The minimum absolute atomic E-state index is 0.0833. The minimum Gasteiger partial charge on any atom is -0.342 e. The van der Waals surface area contributed by atoms with E-state index in [4.69, 9.17) is 0 Å². The first kappa shape index (κ1) is 13.6. The molecule has 4 rings (SSSR count). The Balaban J connectivity index is 1.44. The number of nitrogens with zero attached hydrogens (tertiary/aromatic N) is 1. The van der Waals surface area contributed by atoms with Crippen LogP contribution in [-0.2, 0) is 11.2 Å². The molecule has 3 unspecified atom stereocenters. The lowest BCUT2D eigenvalue weighted by Crippen LogP contribution is -2.50. The Bertz CT molecular complexity index is 524. The number of piperidine rings is 1. The summed E-state index contributed by atoms with van der Waals surface area (Å²) in [6, 6.07) is 10.1. The first-order chi connectivity index (χ1) is 10.2. The third-order valence-electron chi connectivity index (χ3n) is 5.27. The highest BCUT2D eigenvalue weighted by Crippen LogP contribution is 2.38. The first-order valence-corrected chi connectivity index (χ1v) is 8.86. The zero-order chi connectivity index (χ0) is 14.4. The van der Waals surface area contributed by atoms with Gasteiger partial charge >= 0.3 is 0 Å². The fourth-order valence-electron chi connectivity index (χ4n) is 4.07. The van der Waals surface area contributed by atoms with E-state index in [9.17, 15) is 4.79 Å². The molecule has 1 amide bonds. The molecule has 2 saturated heterocycles. The number of fused-ring (bicyclic) bond motifs is 3. The third kappa shape index (κ3) is 2.49. The number of hydrogen-bond acceptors (Lipinski definition) is 3. The van der Waals surface area contributed by atoms with Gasteiger partial charge in [0.05, 0.1) is 5.25 Å². The van der Waals surface area contributed by atoms with Gasteiger partial charge in [0.1, 0.15) is 0 Å². The molecule has 3 heterocycles. The molecule has 0 aromatic heterocycles. The topological polar surface area (TPSA) is 32.3 Å². The molecule has 0 spiro atoms. The Morgan fingerprint density at radius 2 is 1.95 bits per heavy atom. The maximum absolute atomic E-state index is 12.8. The zero-order valence-corrected chi connectivity index (χ0v) is 13.2. The van der Waals surface area contributed by atoms with Crippen LogP contribution in [0.3, 0.4) is 0 Å². The Morgan fingerprint density at radius 1 is 1.24 bits per heavy atom. The van der Waals surface area contributed by atoms with Crippen molar-refractivity contribution in [2.45, 2.75) is 60.4 Å². The molecule has 3 nitrogen and oxygen atoms in total. The number of nitrogens with one attached hydrogen (secondary N) is 1. The van der Waals surface area contributed by atoms with E-state index in [1.165, 1.54) is 23.3 Å². The summed E-state index contributed by atoms with van der Waals surface area (Å²) in [7, 11) is 2.02. The summed E-state index contributed by atoms with van der Waals surface area (Å²) in [5.41, 5.74) is 1.33. The summed E-state index contributed by atoms with van der Waals surface area (Å²) in [6.45, 7) is 0. The Hall–Kier alpha value is -1.00. The average Bonchev–Trinajstić information content (AvgIpc) is 3.08. The summed E-state index contributed by atoms with van der Waals surface area (Å²) in [5, 5.41) is 3.74. The molecule has 112 valence electrons. The van der Waals surface area contributed by atoms with Gasteiger partial charge in [-0.2, -0.15) is 0 Å². The van der Waals surface area contributed by atoms with E-state index >= 15 is 0 Å². The van der Waals surface area contributed by atoms with Crippen molar-refractivity contribution in [3.05, 3.63) is 29.8 Å². The molecule has 3 atom stereocenters. The van der Waals surface area contributed by atoms with Gasteiger partial charge in [-0.25, -0.2) is 0 Å². The quantitative estimate of drug-likeness (QED) is 0.911. The standard InChI is InChI=1S/C17H22N2OS/c1-19(14-9-12-6-7-13(10-14)18-12)17(20)16-8-11-4-2-3-5-15(11)21-16/h2-5,12-14,16,18H,6-10H2,1H3. The normalized spacial score (nSPS) is 33.8. The summed E-state index contributed by atoms with van der Waals surface area (Å²) in [6.07, 6.45) is 5.72. The molecule has 2 bridgehead atoms. The van der Waals surface area contributed by atoms with Crippen LogP contribution in [-0.4, -0.2) is 41.2 Å². The van der Waals surface area contributed by atoms with Crippen molar-refractivity contribution in [2.24, 2.45) is 0 Å². The van der Waals surface area contributed by atoms with Gasteiger partial charge in [-0.3, -0.25) is 4.79 Å². The van der Waals surface area contributed by atoms with Gasteiger partial charge in [0, 0.05) is 30.1 Å². The molecule has 1 aromatic carbocycles. The molecule has 0 aliphatic carbocycles. The van der Waals surface area contributed by atoms with E-state index in [1.807, 2.05) is 7.05 Å². The van der Waals surface area contributed by atoms with Gasteiger partial charge in [0.15, 0.2) is 0 Å². The second-order valence-corrected chi connectivity index (χ2v) is 7.88. The Morgan fingerprint density at radius 3 is 2.67 bits per heavy atom. The van der Waals surface area contributed by atoms with Crippen LogP contribution in [0.25, 0.3) is 0 Å². The Labute approximate surface area is 130 Å². The molecule has 2 fully saturated rings. The van der Waals surface area contributed by atoms with Gasteiger partial charge in [0.2, 0.25) is 5.91 Å². The largest absolute Gasteiger partial charge is 0.342 e. The van der Waals surface area contributed by atoms with Crippen LogP contribution >= 0.6 is 11.8 Å². The van der Waals surface area contributed by atoms with E-state index in [1.54, 1.807) is 11.8 Å². The number of thioether (sulfide) groups is 1. The number of amides is 1. The number of hydrogen-bond donors (Lipinski definition) is 1. The highest BCUT2D eigenvalue weighted by molar-refractivity contribution is 8.01. The summed E-state index contributed by atoms with van der Waals surface area (Å²) >= 11 is 1.75. The lowest BCUT2D eigenvalue weighted by molar-refractivity contribution is -0.132. The van der Waals surface area contributed by atoms with Crippen molar-refractivity contribution in [3.63, 3.8) is 0 Å². The Kier molecular flexibility index (Phi) is 3.46. The summed E-state index contributed by atoms with van der Waals surface area (Å²) in [5.74, 6) is 0.322. The summed E-state index contributed by atoms with van der Waals surface area (Å²) < 4.78 is 0. The van der Waals surface area contributed by atoms with E-state index < -0.39 is 0 Å². The van der Waals surface area contributed by atoms with Crippen molar-refractivity contribution in [1.82, 2.24) is 10.2 Å². The molecule has 0 radical (unpaired) electrons. The number of carbonyl (C=O) groups is 1. The molecule has 1 aromatic rings. The lowest BCUT2D eigenvalue weighted by Gasteiger charge is -2.36. The number of rotatable bonds is 2. The lowest BCUT2D eigenvalue weighted by atomic mass is 9.98. The van der Waals surface area contributed by atoms with Crippen LogP contribution in [0.4, 0.5) is 0 Å². The van der Waals surface area contributed by atoms with Crippen LogP contribution in [0.1, 0.15) is 31.2 Å². The van der Waals surface area contributed by atoms with Crippen LogP contribution < -0.4 is 5.32 Å². The number of benzene rings is 1. The summed E-state index contributed by atoms with van der Waals surface area (Å²) in [4.78, 5) is 16.2. The van der Waals surface area contributed by atoms with Crippen LogP contribution in [0, 0.1) is 0 Å².